The minimum absolute atomic E-state index is 0.172. The normalized spacial score (nSPS) is 19.2. The van der Waals surface area contributed by atoms with Crippen molar-refractivity contribution in [3.63, 3.8) is 0 Å². The summed E-state index contributed by atoms with van der Waals surface area (Å²) in [6.07, 6.45) is 2.89. The van der Waals surface area contributed by atoms with Gasteiger partial charge in [0, 0.05) is 6.61 Å². The molecule has 2 rings (SSSR count). The van der Waals surface area contributed by atoms with Crippen LogP contribution in [0.4, 0.5) is 0 Å². The molecule has 0 unspecified atom stereocenters. The average Bonchev–Trinajstić information content (AvgIpc) is 2.91. The molecule has 0 radical (unpaired) electrons. The van der Waals surface area contributed by atoms with Crippen LogP contribution in [-0.4, -0.2) is 32.4 Å². The third kappa shape index (κ3) is 4.80. The lowest BCUT2D eigenvalue weighted by Crippen LogP contribution is -2.87. The minimum atomic E-state index is 0.172. The van der Waals surface area contributed by atoms with E-state index >= 15 is 0 Å². The molecule has 1 aromatic carbocycles. The Hall–Kier alpha value is -1.06. The van der Waals surface area contributed by atoms with Gasteiger partial charge in [0.15, 0.2) is 0 Å². The Morgan fingerprint density at radius 1 is 1.35 bits per heavy atom. The third-order valence-corrected chi connectivity index (χ3v) is 3.74. The van der Waals surface area contributed by atoms with Gasteiger partial charge in [0.1, 0.15) is 31.5 Å². The molecule has 1 saturated heterocycles. The molecule has 0 aromatic heterocycles. The first-order chi connectivity index (χ1) is 9.55. The Morgan fingerprint density at radius 2 is 2.20 bits per heavy atom. The maximum absolute atomic E-state index is 5.83. The molecule has 2 N–H and O–H groups in total. The van der Waals surface area contributed by atoms with Crippen LogP contribution in [0.15, 0.2) is 24.3 Å². The lowest BCUT2D eigenvalue weighted by molar-refractivity contribution is -0.661. The topological polar surface area (TPSA) is 35.1 Å². The lowest BCUT2D eigenvalue weighted by atomic mass is 9.87. The molecule has 3 nitrogen and oxygen atoms in total. The molecule has 0 saturated carbocycles. The smallest absolute Gasteiger partial charge is 0.137 e. The fourth-order valence-corrected chi connectivity index (χ4v) is 2.45. The number of rotatable bonds is 6. The third-order valence-electron chi connectivity index (χ3n) is 3.74. The average molecular weight is 278 g/mol. The standard InChI is InChI=1S/C17H27NO2/c1-17(2,3)14-6-4-7-15(12-14)20-11-9-18-13-16-8-5-10-19-16/h4,6-7,12,16,18H,5,8-11,13H2,1-3H3/p+1/t16-/m0/s1. The Kier molecular flexibility index (Phi) is 5.44. The molecule has 1 aliphatic heterocycles. The van der Waals surface area contributed by atoms with Crippen LogP contribution in [0.25, 0.3) is 0 Å². The molecule has 1 aliphatic rings. The SMILES string of the molecule is CC(C)(C)c1cccc(OCC[NH2+]C[C@@H]2CCCO2)c1. The summed E-state index contributed by atoms with van der Waals surface area (Å²) in [5.41, 5.74) is 1.49. The Morgan fingerprint density at radius 3 is 2.90 bits per heavy atom. The molecule has 0 amide bonds. The monoisotopic (exact) mass is 278 g/mol. The van der Waals surface area contributed by atoms with E-state index in [1.54, 1.807) is 0 Å². The summed E-state index contributed by atoms with van der Waals surface area (Å²) in [6, 6.07) is 8.43. The fourth-order valence-electron chi connectivity index (χ4n) is 2.45. The molecule has 3 heteroatoms. The molecular formula is C17H28NO2+. The van der Waals surface area contributed by atoms with Crippen molar-refractivity contribution in [1.82, 2.24) is 0 Å². The van der Waals surface area contributed by atoms with E-state index in [1.165, 1.54) is 18.4 Å². The molecule has 1 aromatic rings. The van der Waals surface area contributed by atoms with Gasteiger partial charge in [-0.3, -0.25) is 0 Å². The molecule has 1 fully saturated rings. The van der Waals surface area contributed by atoms with Crippen LogP contribution in [0.3, 0.4) is 0 Å². The van der Waals surface area contributed by atoms with E-state index in [2.05, 4.69) is 44.3 Å². The van der Waals surface area contributed by atoms with Gasteiger partial charge >= 0.3 is 0 Å². The molecule has 0 bridgehead atoms. The summed E-state index contributed by atoms with van der Waals surface area (Å²) in [5, 5.41) is 2.30. The van der Waals surface area contributed by atoms with Gasteiger partial charge < -0.3 is 14.8 Å². The van der Waals surface area contributed by atoms with E-state index in [-0.39, 0.29) is 5.41 Å². The van der Waals surface area contributed by atoms with E-state index in [1.807, 2.05) is 6.07 Å². The predicted molar refractivity (Wildman–Crippen MR) is 81.3 cm³/mol. The number of benzene rings is 1. The van der Waals surface area contributed by atoms with Crippen LogP contribution in [-0.2, 0) is 10.2 Å². The maximum Gasteiger partial charge on any atom is 0.137 e. The van der Waals surface area contributed by atoms with Gasteiger partial charge in [-0.15, -0.1) is 0 Å². The van der Waals surface area contributed by atoms with Crippen molar-refractivity contribution in [2.75, 3.05) is 26.3 Å². The van der Waals surface area contributed by atoms with Gasteiger partial charge in [-0.25, -0.2) is 0 Å². The summed E-state index contributed by atoms with van der Waals surface area (Å²) < 4.78 is 11.4. The van der Waals surface area contributed by atoms with Gasteiger partial charge in [-0.2, -0.15) is 0 Å². The van der Waals surface area contributed by atoms with Crippen LogP contribution in [0.2, 0.25) is 0 Å². The van der Waals surface area contributed by atoms with Crippen molar-refractivity contribution in [1.29, 1.82) is 0 Å². The number of ether oxygens (including phenoxy) is 2. The van der Waals surface area contributed by atoms with E-state index in [9.17, 15) is 0 Å². The van der Waals surface area contributed by atoms with Gasteiger partial charge in [-0.05, 0) is 36.0 Å². The maximum atomic E-state index is 5.83. The summed E-state index contributed by atoms with van der Waals surface area (Å²) in [5.74, 6) is 0.975. The van der Waals surface area contributed by atoms with Crippen LogP contribution in [0, 0.1) is 0 Å². The molecule has 112 valence electrons. The number of nitrogens with two attached hydrogens (primary N) is 1. The second-order valence-corrected chi connectivity index (χ2v) is 6.57. The van der Waals surface area contributed by atoms with Gasteiger partial charge in [-0.1, -0.05) is 32.9 Å². The first kappa shape index (κ1) is 15.3. The zero-order valence-electron chi connectivity index (χ0n) is 13.0. The summed E-state index contributed by atoms with van der Waals surface area (Å²) in [6.45, 7) is 10.4. The largest absolute Gasteiger partial charge is 0.488 e. The molecule has 20 heavy (non-hydrogen) atoms. The van der Waals surface area contributed by atoms with Crippen molar-refractivity contribution in [3.05, 3.63) is 29.8 Å². The Bertz CT molecular complexity index is 406. The highest BCUT2D eigenvalue weighted by atomic mass is 16.5. The fraction of sp³-hybridized carbons (Fsp3) is 0.647. The van der Waals surface area contributed by atoms with Gasteiger partial charge in [0.2, 0.25) is 0 Å². The van der Waals surface area contributed by atoms with Crippen LogP contribution in [0.5, 0.6) is 5.75 Å². The Balaban J connectivity index is 1.68. The van der Waals surface area contributed by atoms with E-state index in [0.29, 0.717) is 6.10 Å². The quantitative estimate of drug-likeness (QED) is 0.809. The highest BCUT2D eigenvalue weighted by Gasteiger charge is 2.16. The van der Waals surface area contributed by atoms with E-state index in [4.69, 9.17) is 9.47 Å². The predicted octanol–water partition coefficient (Wildman–Crippen LogP) is 2.11. The summed E-state index contributed by atoms with van der Waals surface area (Å²) in [4.78, 5) is 0. The van der Waals surface area contributed by atoms with Crippen molar-refractivity contribution < 1.29 is 14.8 Å². The number of hydrogen-bond acceptors (Lipinski definition) is 2. The van der Waals surface area contributed by atoms with Gasteiger partial charge in [0.05, 0.1) is 0 Å². The molecule has 0 spiro atoms. The van der Waals surface area contributed by atoms with Crippen molar-refractivity contribution in [2.24, 2.45) is 0 Å². The minimum Gasteiger partial charge on any atom is -0.488 e. The molecule has 1 atom stereocenters. The highest BCUT2D eigenvalue weighted by molar-refractivity contribution is 5.32. The van der Waals surface area contributed by atoms with E-state index in [0.717, 1.165) is 32.1 Å². The summed E-state index contributed by atoms with van der Waals surface area (Å²) >= 11 is 0. The first-order valence-electron chi connectivity index (χ1n) is 7.72. The van der Waals surface area contributed by atoms with Gasteiger partial charge in [0.25, 0.3) is 0 Å². The summed E-state index contributed by atoms with van der Waals surface area (Å²) in [7, 11) is 0. The highest BCUT2D eigenvalue weighted by Crippen LogP contribution is 2.25. The van der Waals surface area contributed by atoms with Crippen molar-refractivity contribution in [2.45, 2.75) is 45.1 Å². The van der Waals surface area contributed by atoms with Crippen LogP contribution >= 0.6 is 0 Å². The number of quaternary nitrogens is 1. The van der Waals surface area contributed by atoms with Crippen molar-refractivity contribution in [3.8, 4) is 5.75 Å². The van der Waals surface area contributed by atoms with Crippen LogP contribution < -0.4 is 10.1 Å². The number of hydrogen-bond donors (Lipinski definition) is 1. The molecule has 1 heterocycles. The molecule has 0 aliphatic carbocycles. The van der Waals surface area contributed by atoms with Crippen LogP contribution in [0.1, 0.15) is 39.2 Å². The first-order valence-corrected chi connectivity index (χ1v) is 7.72. The Labute approximate surface area is 122 Å². The van der Waals surface area contributed by atoms with E-state index < -0.39 is 0 Å². The second-order valence-electron chi connectivity index (χ2n) is 6.57. The lowest BCUT2D eigenvalue weighted by Gasteiger charge is -2.19. The second kappa shape index (κ2) is 7.09. The zero-order valence-corrected chi connectivity index (χ0v) is 13.0. The van der Waals surface area contributed by atoms with Crippen molar-refractivity contribution >= 4 is 0 Å². The zero-order chi connectivity index (χ0) is 14.4. The molecular weight excluding hydrogens is 250 g/mol.